The van der Waals surface area contributed by atoms with Gasteiger partial charge < -0.3 is 0 Å². The van der Waals surface area contributed by atoms with Crippen LogP contribution in [0, 0.1) is 17.5 Å². The van der Waals surface area contributed by atoms with E-state index in [2.05, 4.69) is 0 Å². The van der Waals surface area contributed by atoms with Crippen LogP contribution < -0.4 is 0 Å². The van der Waals surface area contributed by atoms with Gasteiger partial charge in [-0.05, 0) is 29.8 Å². The van der Waals surface area contributed by atoms with E-state index in [1.807, 2.05) is 0 Å². The van der Waals surface area contributed by atoms with E-state index >= 15 is 0 Å². The van der Waals surface area contributed by atoms with Gasteiger partial charge in [0.15, 0.2) is 17.5 Å². The summed E-state index contributed by atoms with van der Waals surface area (Å²) in [4.78, 5) is 0. The molecule has 2 rings (SSSR count). The van der Waals surface area contributed by atoms with E-state index in [4.69, 9.17) is 23.2 Å². The maximum absolute atomic E-state index is 13.1. The van der Waals surface area contributed by atoms with Crippen molar-refractivity contribution < 1.29 is 13.2 Å². The second kappa shape index (κ2) is 4.59. The van der Waals surface area contributed by atoms with Crippen molar-refractivity contribution in [1.82, 2.24) is 0 Å². The Balaban J connectivity index is 2.69. The van der Waals surface area contributed by atoms with Crippen LogP contribution in [0.3, 0.4) is 0 Å². The summed E-state index contributed by atoms with van der Waals surface area (Å²) in [6.45, 7) is 0. The van der Waals surface area contributed by atoms with Crippen molar-refractivity contribution in [3.8, 4) is 11.1 Å². The highest BCUT2D eigenvalue weighted by molar-refractivity contribution is 6.39. The highest BCUT2D eigenvalue weighted by Crippen LogP contribution is 2.35. The Kier molecular flexibility index (Phi) is 3.31. The van der Waals surface area contributed by atoms with Gasteiger partial charge in [-0.25, -0.2) is 13.2 Å². The lowest BCUT2D eigenvalue weighted by Gasteiger charge is -2.08. The molecule has 0 aliphatic heterocycles. The molecule has 0 aliphatic rings. The van der Waals surface area contributed by atoms with Gasteiger partial charge in [-0.15, -0.1) is 0 Å². The van der Waals surface area contributed by atoms with Gasteiger partial charge in [0.2, 0.25) is 0 Å². The fourth-order valence-corrected chi connectivity index (χ4v) is 2.09. The molecule has 2 aromatic carbocycles. The van der Waals surface area contributed by atoms with E-state index in [0.717, 1.165) is 12.1 Å². The Labute approximate surface area is 106 Å². The van der Waals surface area contributed by atoms with Gasteiger partial charge in [-0.1, -0.05) is 29.3 Å². The molecule has 0 atom stereocenters. The van der Waals surface area contributed by atoms with E-state index < -0.39 is 17.5 Å². The van der Waals surface area contributed by atoms with E-state index in [9.17, 15) is 13.2 Å². The Morgan fingerprint density at radius 2 is 1.29 bits per heavy atom. The van der Waals surface area contributed by atoms with Crippen LogP contribution in [0.15, 0.2) is 30.3 Å². The highest BCUT2D eigenvalue weighted by Gasteiger charge is 2.15. The molecule has 5 heteroatoms. The van der Waals surface area contributed by atoms with Crippen LogP contribution in [-0.4, -0.2) is 0 Å². The van der Waals surface area contributed by atoms with Gasteiger partial charge in [-0.2, -0.15) is 0 Å². The van der Waals surface area contributed by atoms with Gasteiger partial charge in [0.25, 0.3) is 0 Å². The summed E-state index contributed by atoms with van der Waals surface area (Å²) in [5.41, 5.74) is 0.366. The zero-order valence-electron chi connectivity index (χ0n) is 8.28. The molecule has 0 spiro atoms. The van der Waals surface area contributed by atoms with Crippen molar-refractivity contribution in [3.05, 3.63) is 57.8 Å². The maximum Gasteiger partial charge on any atom is 0.194 e. The second-order valence-corrected chi connectivity index (χ2v) is 4.16. The summed E-state index contributed by atoms with van der Waals surface area (Å²) < 4.78 is 39.0. The zero-order valence-corrected chi connectivity index (χ0v) is 9.79. The summed E-state index contributed by atoms with van der Waals surface area (Å²) >= 11 is 11.8. The van der Waals surface area contributed by atoms with Crippen LogP contribution in [0.2, 0.25) is 10.0 Å². The maximum atomic E-state index is 13.1. The summed E-state index contributed by atoms with van der Waals surface area (Å²) in [7, 11) is 0. The molecule has 0 amide bonds. The smallest absolute Gasteiger partial charge is 0.194 e. The Morgan fingerprint density at radius 1 is 0.824 bits per heavy atom. The average molecular weight is 277 g/mol. The molecule has 88 valence electrons. The summed E-state index contributed by atoms with van der Waals surface area (Å²) in [6.07, 6.45) is 0. The van der Waals surface area contributed by atoms with Gasteiger partial charge in [0, 0.05) is 15.6 Å². The molecular weight excluding hydrogens is 272 g/mol. The number of hydrogen-bond donors (Lipinski definition) is 0. The molecule has 0 N–H and O–H groups in total. The number of halogens is 5. The van der Waals surface area contributed by atoms with Gasteiger partial charge in [0.05, 0.1) is 0 Å². The largest absolute Gasteiger partial charge is 0.204 e. The van der Waals surface area contributed by atoms with E-state index in [1.54, 1.807) is 6.07 Å². The predicted octanol–water partition coefficient (Wildman–Crippen LogP) is 5.08. The van der Waals surface area contributed by atoms with Crippen LogP contribution in [0.25, 0.3) is 11.1 Å². The van der Waals surface area contributed by atoms with Crippen molar-refractivity contribution in [3.63, 3.8) is 0 Å². The van der Waals surface area contributed by atoms with Gasteiger partial charge in [0.1, 0.15) is 0 Å². The van der Waals surface area contributed by atoms with Crippen LogP contribution in [0.5, 0.6) is 0 Å². The first kappa shape index (κ1) is 12.3. The van der Waals surface area contributed by atoms with Crippen LogP contribution in [0.4, 0.5) is 13.2 Å². The molecule has 0 heterocycles. The minimum absolute atomic E-state index is 0.0944. The van der Waals surface area contributed by atoms with Crippen LogP contribution >= 0.6 is 23.2 Å². The summed E-state index contributed by atoms with van der Waals surface area (Å²) in [6, 6.07) is 6.37. The lowest BCUT2D eigenvalue weighted by Crippen LogP contribution is -1.92. The number of benzene rings is 2. The monoisotopic (exact) mass is 276 g/mol. The Hall–Kier alpha value is -1.19. The highest BCUT2D eigenvalue weighted by atomic mass is 35.5. The van der Waals surface area contributed by atoms with E-state index in [-0.39, 0.29) is 21.2 Å². The summed E-state index contributed by atoms with van der Waals surface area (Å²) in [5.74, 6) is -4.08. The third-order valence-corrected chi connectivity index (χ3v) is 2.87. The zero-order chi connectivity index (χ0) is 12.6. The molecule has 17 heavy (non-hydrogen) atoms. The van der Waals surface area contributed by atoms with E-state index in [1.165, 1.54) is 12.1 Å². The standard InChI is InChI=1S/C12H5Cl2F3/c13-7-2-1-3-8(14)11(7)6-4-9(15)12(17)10(16)5-6/h1-5H. The van der Waals surface area contributed by atoms with Crippen molar-refractivity contribution in [1.29, 1.82) is 0 Å². The first-order valence-electron chi connectivity index (χ1n) is 4.59. The topological polar surface area (TPSA) is 0 Å². The Bertz CT molecular complexity index is 539. The Morgan fingerprint density at radius 3 is 1.76 bits per heavy atom. The molecule has 0 aliphatic carbocycles. The van der Waals surface area contributed by atoms with E-state index in [0.29, 0.717) is 0 Å². The third kappa shape index (κ3) is 2.26. The SMILES string of the molecule is Fc1cc(-c2c(Cl)cccc2Cl)cc(F)c1F. The first-order chi connectivity index (χ1) is 8.00. The molecule has 0 saturated carbocycles. The normalized spacial score (nSPS) is 10.6. The molecule has 2 aromatic rings. The van der Waals surface area contributed by atoms with Crippen molar-refractivity contribution in [2.24, 2.45) is 0 Å². The number of hydrogen-bond acceptors (Lipinski definition) is 0. The van der Waals surface area contributed by atoms with Gasteiger partial charge >= 0.3 is 0 Å². The lowest BCUT2D eigenvalue weighted by molar-refractivity contribution is 0.448. The third-order valence-electron chi connectivity index (χ3n) is 2.24. The molecule has 0 unspecified atom stereocenters. The molecule has 0 bridgehead atoms. The fourth-order valence-electron chi connectivity index (χ4n) is 1.47. The molecule has 0 fully saturated rings. The predicted molar refractivity (Wildman–Crippen MR) is 61.8 cm³/mol. The summed E-state index contributed by atoms with van der Waals surface area (Å²) in [5, 5.41) is 0.478. The molecule has 0 saturated heterocycles. The fraction of sp³-hybridized carbons (Fsp3) is 0. The van der Waals surface area contributed by atoms with Crippen molar-refractivity contribution in [2.45, 2.75) is 0 Å². The second-order valence-electron chi connectivity index (χ2n) is 3.35. The van der Waals surface area contributed by atoms with Crippen LogP contribution in [0.1, 0.15) is 0 Å². The molecular formula is C12H5Cl2F3. The van der Waals surface area contributed by atoms with Crippen molar-refractivity contribution >= 4 is 23.2 Å². The molecule has 0 aromatic heterocycles. The minimum Gasteiger partial charge on any atom is -0.204 e. The molecule has 0 radical (unpaired) electrons. The minimum atomic E-state index is -1.52. The first-order valence-corrected chi connectivity index (χ1v) is 5.35. The lowest BCUT2D eigenvalue weighted by atomic mass is 10.1. The number of rotatable bonds is 1. The molecule has 0 nitrogen and oxygen atoms in total. The van der Waals surface area contributed by atoms with Gasteiger partial charge in [-0.3, -0.25) is 0 Å². The van der Waals surface area contributed by atoms with Crippen LogP contribution in [-0.2, 0) is 0 Å². The van der Waals surface area contributed by atoms with Crippen molar-refractivity contribution in [2.75, 3.05) is 0 Å². The average Bonchev–Trinajstić information content (AvgIpc) is 2.25. The quantitative estimate of drug-likeness (QED) is 0.638.